The number of fused-ring (bicyclic) bond motifs is 5. The van der Waals surface area contributed by atoms with Crippen molar-refractivity contribution < 1.29 is 24.5 Å². The van der Waals surface area contributed by atoms with Gasteiger partial charge in [-0.3, -0.25) is 4.79 Å². The lowest BCUT2D eigenvalue weighted by Gasteiger charge is -2.62. The molecule has 2 N–H and O–H groups in total. The lowest BCUT2D eigenvalue weighted by atomic mass is 9.44. The maximum atomic E-state index is 12.1. The first-order valence-electron chi connectivity index (χ1n) is 10.8. The maximum Gasteiger partial charge on any atom is 0.331 e. The van der Waals surface area contributed by atoms with E-state index in [-0.39, 0.29) is 46.9 Å². The SMILES string of the molecule is C[C@@]12CC[C@@H]3[C@H](CCC4=CC(=O)CC[C@@]43CO)[C@@]1(O)CC[C@H]2C1=CC(=O)OC1. The predicted octanol–water partition coefficient (Wildman–Crippen LogP) is 2.71. The molecule has 0 aromatic rings. The predicted molar refractivity (Wildman–Crippen MR) is 102 cm³/mol. The molecule has 0 amide bonds. The summed E-state index contributed by atoms with van der Waals surface area (Å²) < 4.78 is 5.17. The Hall–Kier alpha value is -1.46. The van der Waals surface area contributed by atoms with Crippen molar-refractivity contribution in [2.75, 3.05) is 13.2 Å². The van der Waals surface area contributed by atoms with Gasteiger partial charge in [-0.2, -0.15) is 0 Å². The molecule has 0 radical (unpaired) electrons. The molecular formula is C23H30O5. The van der Waals surface area contributed by atoms with Crippen LogP contribution in [0.1, 0.15) is 58.3 Å². The van der Waals surface area contributed by atoms with E-state index in [2.05, 4.69) is 6.92 Å². The van der Waals surface area contributed by atoms with Gasteiger partial charge in [0, 0.05) is 23.3 Å². The first-order chi connectivity index (χ1) is 13.3. The molecule has 0 bridgehead atoms. The largest absolute Gasteiger partial charge is 0.458 e. The summed E-state index contributed by atoms with van der Waals surface area (Å²) in [7, 11) is 0. The Kier molecular flexibility index (Phi) is 3.99. The number of esters is 1. The first-order valence-corrected chi connectivity index (χ1v) is 10.8. The van der Waals surface area contributed by atoms with Crippen LogP contribution in [-0.2, 0) is 14.3 Å². The van der Waals surface area contributed by atoms with Gasteiger partial charge in [-0.25, -0.2) is 4.79 Å². The first kappa shape index (κ1) is 18.6. The molecule has 3 saturated carbocycles. The molecule has 28 heavy (non-hydrogen) atoms. The van der Waals surface area contributed by atoms with Gasteiger partial charge in [-0.1, -0.05) is 12.5 Å². The van der Waals surface area contributed by atoms with Crippen LogP contribution in [0.5, 0.6) is 0 Å². The smallest absolute Gasteiger partial charge is 0.331 e. The number of aliphatic hydroxyl groups is 2. The molecule has 3 fully saturated rings. The normalized spacial score (nSPS) is 47.6. The highest BCUT2D eigenvalue weighted by Crippen LogP contribution is 2.69. The second kappa shape index (κ2) is 6.02. The minimum Gasteiger partial charge on any atom is -0.458 e. The lowest BCUT2D eigenvalue weighted by Crippen LogP contribution is -2.62. The van der Waals surface area contributed by atoms with E-state index in [0.29, 0.717) is 19.4 Å². The molecule has 0 saturated heterocycles. The summed E-state index contributed by atoms with van der Waals surface area (Å²) in [6.07, 6.45) is 9.75. The third kappa shape index (κ3) is 2.20. The number of carbonyl (C=O) groups excluding carboxylic acids is 2. The number of carbonyl (C=O) groups is 2. The molecule has 5 aliphatic rings. The molecule has 5 rings (SSSR count). The van der Waals surface area contributed by atoms with Gasteiger partial charge in [0.05, 0.1) is 12.2 Å². The Morgan fingerprint density at radius 3 is 2.61 bits per heavy atom. The average Bonchev–Trinajstić information content (AvgIpc) is 3.22. The Morgan fingerprint density at radius 2 is 1.89 bits per heavy atom. The summed E-state index contributed by atoms with van der Waals surface area (Å²) in [6, 6.07) is 0. The summed E-state index contributed by atoms with van der Waals surface area (Å²) in [5.41, 5.74) is 0.765. The third-order valence-electron chi connectivity index (χ3n) is 9.29. The highest BCUT2D eigenvalue weighted by atomic mass is 16.5. The quantitative estimate of drug-likeness (QED) is 0.713. The second-order valence-electron chi connectivity index (χ2n) is 10.0. The van der Waals surface area contributed by atoms with Crippen LogP contribution >= 0.6 is 0 Å². The zero-order valence-corrected chi connectivity index (χ0v) is 16.6. The summed E-state index contributed by atoms with van der Waals surface area (Å²) >= 11 is 0. The van der Waals surface area contributed by atoms with Crippen molar-refractivity contribution in [3.8, 4) is 0 Å². The van der Waals surface area contributed by atoms with Crippen molar-refractivity contribution in [2.24, 2.45) is 28.6 Å². The van der Waals surface area contributed by atoms with E-state index in [1.807, 2.05) is 0 Å². The number of ether oxygens (including phenoxy) is 1. The molecule has 4 aliphatic carbocycles. The zero-order chi connectivity index (χ0) is 19.7. The molecule has 1 aliphatic heterocycles. The third-order valence-corrected chi connectivity index (χ3v) is 9.29. The monoisotopic (exact) mass is 386 g/mol. The zero-order valence-electron chi connectivity index (χ0n) is 16.6. The van der Waals surface area contributed by atoms with Gasteiger partial charge in [-0.05, 0) is 74.3 Å². The van der Waals surface area contributed by atoms with E-state index in [1.165, 1.54) is 0 Å². The van der Waals surface area contributed by atoms with Crippen molar-refractivity contribution in [3.63, 3.8) is 0 Å². The van der Waals surface area contributed by atoms with E-state index >= 15 is 0 Å². The molecule has 5 heteroatoms. The maximum absolute atomic E-state index is 12.1. The Balaban J connectivity index is 1.52. The Labute approximate surface area is 165 Å². The fraction of sp³-hybridized carbons (Fsp3) is 0.739. The molecule has 0 spiro atoms. The van der Waals surface area contributed by atoms with Gasteiger partial charge in [0.1, 0.15) is 6.61 Å². The van der Waals surface area contributed by atoms with Crippen LogP contribution in [0.4, 0.5) is 0 Å². The number of ketones is 1. The van der Waals surface area contributed by atoms with Crippen LogP contribution in [0.2, 0.25) is 0 Å². The number of hydrogen-bond acceptors (Lipinski definition) is 5. The van der Waals surface area contributed by atoms with Crippen molar-refractivity contribution in [1.29, 1.82) is 0 Å². The summed E-state index contributed by atoms with van der Waals surface area (Å²) in [6.45, 7) is 2.63. The Bertz CT molecular complexity index is 797. The van der Waals surface area contributed by atoms with E-state index in [9.17, 15) is 19.8 Å². The molecule has 0 aromatic carbocycles. The van der Waals surface area contributed by atoms with E-state index in [4.69, 9.17) is 4.74 Å². The molecule has 6 atom stereocenters. The number of cyclic esters (lactones) is 1. The van der Waals surface area contributed by atoms with Crippen LogP contribution in [0.15, 0.2) is 23.3 Å². The number of rotatable bonds is 2. The van der Waals surface area contributed by atoms with Crippen molar-refractivity contribution in [1.82, 2.24) is 0 Å². The standard InChI is InChI=1S/C23H30O5/c1-21-7-5-18-19(3-2-15-11-16(25)4-8-22(15,18)13-24)23(21,27)9-6-17(21)14-10-20(26)28-12-14/h10-11,17-19,24,27H,2-9,12-13H2,1H3/t17-,18+,19-,21-,22+,23-/m0/s1. The van der Waals surface area contributed by atoms with Crippen LogP contribution < -0.4 is 0 Å². The molecule has 0 aromatic heterocycles. The van der Waals surface area contributed by atoms with Crippen molar-refractivity contribution in [3.05, 3.63) is 23.3 Å². The van der Waals surface area contributed by atoms with Gasteiger partial charge in [0.25, 0.3) is 0 Å². The summed E-state index contributed by atoms with van der Waals surface area (Å²) in [4.78, 5) is 23.6. The summed E-state index contributed by atoms with van der Waals surface area (Å²) in [5, 5.41) is 22.5. The average molecular weight is 386 g/mol. The van der Waals surface area contributed by atoms with Crippen LogP contribution in [0, 0.1) is 28.6 Å². The van der Waals surface area contributed by atoms with Gasteiger partial charge < -0.3 is 14.9 Å². The fourth-order valence-corrected chi connectivity index (χ4v) is 7.82. The lowest BCUT2D eigenvalue weighted by molar-refractivity contribution is -0.187. The van der Waals surface area contributed by atoms with E-state index in [0.717, 1.165) is 49.7 Å². The Morgan fingerprint density at radius 1 is 1.07 bits per heavy atom. The second-order valence-corrected chi connectivity index (χ2v) is 10.0. The molecule has 0 unspecified atom stereocenters. The van der Waals surface area contributed by atoms with Gasteiger partial charge in [0.2, 0.25) is 0 Å². The molecule has 152 valence electrons. The van der Waals surface area contributed by atoms with Gasteiger partial charge in [-0.15, -0.1) is 0 Å². The minimum atomic E-state index is -0.789. The van der Waals surface area contributed by atoms with Crippen molar-refractivity contribution >= 4 is 11.8 Å². The molecule has 1 heterocycles. The topological polar surface area (TPSA) is 83.8 Å². The van der Waals surface area contributed by atoms with Crippen LogP contribution in [-0.4, -0.2) is 40.8 Å². The fourth-order valence-electron chi connectivity index (χ4n) is 7.82. The van der Waals surface area contributed by atoms with E-state index < -0.39 is 5.60 Å². The highest BCUT2D eigenvalue weighted by Gasteiger charge is 2.67. The molecule has 5 nitrogen and oxygen atoms in total. The summed E-state index contributed by atoms with van der Waals surface area (Å²) in [5.74, 6) is 0.446. The van der Waals surface area contributed by atoms with Crippen LogP contribution in [0.3, 0.4) is 0 Å². The number of hydrogen-bond donors (Lipinski definition) is 2. The highest BCUT2D eigenvalue weighted by molar-refractivity contribution is 5.91. The van der Waals surface area contributed by atoms with Gasteiger partial charge >= 0.3 is 5.97 Å². The number of aliphatic hydroxyl groups excluding tert-OH is 1. The van der Waals surface area contributed by atoms with Crippen LogP contribution in [0.25, 0.3) is 0 Å². The van der Waals surface area contributed by atoms with Gasteiger partial charge in [0.15, 0.2) is 5.78 Å². The molecular weight excluding hydrogens is 356 g/mol. The minimum absolute atomic E-state index is 0.0665. The van der Waals surface area contributed by atoms with E-state index in [1.54, 1.807) is 12.2 Å². The van der Waals surface area contributed by atoms with Crippen molar-refractivity contribution in [2.45, 2.75) is 63.9 Å².